The molecule has 4 rings (SSSR count). The van der Waals surface area contributed by atoms with Crippen LogP contribution in [0.1, 0.15) is 40.1 Å². The van der Waals surface area contributed by atoms with E-state index in [4.69, 9.17) is 0 Å². The van der Waals surface area contributed by atoms with Crippen LogP contribution in [0.5, 0.6) is 0 Å². The molecule has 0 saturated carbocycles. The lowest BCUT2D eigenvalue weighted by atomic mass is 10.0. The quantitative estimate of drug-likeness (QED) is 0.530. The van der Waals surface area contributed by atoms with Gasteiger partial charge in [0, 0.05) is 19.0 Å². The zero-order valence-electron chi connectivity index (χ0n) is 16.2. The topological polar surface area (TPSA) is 101 Å². The lowest BCUT2D eigenvalue weighted by Crippen LogP contribution is -2.27. The third-order valence-electron chi connectivity index (χ3n) is 4.88. The zero-order chi connectivity index (χ0) is 20.2. The van der Waals surface area contributed by atoms with Crippen molar-refractivity contribution in [3.05, 3.63) is 83.2 Å². The molecular weight excluding hydrogens is 366 g/mol. The fourth-order valence-corrected chi connectivity index (χ4v) is 3.21. The molecular formula is C21H21N7O. The van der Waals surface area contributed by atoms with Gasteiger partial charge in [0.1, 0.15) is 0 Å². The highest BCUT2D eigenvalue weighted by Crippen LogP contribution is 2.20. The highest BCUT2D eigenvalue weighted by Gasteiger charge is 2.19. The van der Waals surface area contributed by atoms with Crippen molar-refractivity contribution in [3.63, 3.8) is 0 Å². The van der Waals surface area contributed by atoms with Crippen molar-refractivity contribution in [1.82, 2.24) is 35.7 Å². The molecule has 146 valence electrons. The van der Waals surface area contributed by atoms with Gasteiger partial charge >= 0.3 is 0 Å². The van der Waals surface area contributed by atoms with Crippen LogP contribution in [0.25, 0.3) is 11.4 Å². The van der Waals surface area contributed by atoms with Crippen molar-refractivity contribution in [2.75, 3.05) is 0 Å². The minimum absolute atomic E-state index is 0.140. The van der Waals surface area contributed by atoms with Gasteiger partial charge in [-0.05, 0) is 23.3 Å². The van der Waals surface area contributed by atoms with Gasteiger partial charge in [-0.1, -0.05) is 54.6 Å². The molecule has 2 aromatic carbocycles. The van der Waals surface area contributed by atoms with Crippen LogP contribution in [0.3, 0.4) is 0 Å². The maximum atomic E-state index is 12.9. The second kappa shape index (κ2) is 8.05. The Morgan fingerprint density at radius 1 is 1.14 bits per heavy atom. The number of aromatic nitrogens is 6. The van der Waals surface area contributed by atoms with Crippen molar-refractivity contribution in [1.29, 1.82) is 0 Å². The number of benzene rings is 2. The molecule has 0 aliphatic rings. The smallest absolute Gasteiger partial charge is 0.255 e. The van der Waals surface area contributed by atoms with Crippen molar-refractivity contribution in [2.45, 2.75) is 19.4 Å². The van der Waals surface area contributed by atoms with Crippen LogP contribution in [0.4, 0.5) is 0 Å². The molecule has 0 aliphatic heterocycles. The van der Waals surface area contributed by atoms with E-state index in [1.165, 1.54) is 0 Å². The summed E-state index contributed by atoms with van der Waals surface area (Å²) in [6.45, 7) is 1.95. The molecule has 2 aromatic heterocycles. The average molecular weight is 387 g/mol. The molecule has 8 heteroatoms. The molecule has 0 radical (unpaired) electrons. The molecule has 1 atom stereocenters. The molecule has 0 bridgehead atoms. The Labute approximate surface area is 168 Å². The molecule has 0 saturated heterocycles. The van der Waals surface area contributed by atoms with Gasteiger partial charge in [-0.25, -0.2) is 0 Å². The second-order valence-electron chi connectivity index (χ2n) is 6.84. The Balaban J connectivity index is 1.48. The molecule has 2 heterocycles. The summed E-state index contributed by atoms with van der Waals surface area (Å²) in [7, 11) is 1.86. The van der Waals surface area contributed by atoms with E-state index in [0.29, 0.717) is 17.8 Å². The van der Waals surface area contributed by atoms with E-state index in [0.717, 1.165) is 22.4 Å². The van der Waals surface area contributed by atoms with E-state index in [1.807, 2.05) is 68.6 Å². The number of carbonyl (C=O) groups excluding carboxylic acids is 1. The van der Waals surface area contributed by atoms with Gasteiger partial charge < -0.3 is 5.32 Å². The molecule has 0 fully saturated rings. The first-order valence-corrected chi connectivity index (χ1v) is 9.31. The van der Waals surface area contributed by atoms with Crippen molar-refractivity contribution < 1.29 is 4.79 Å². The van der Waals surface area contributed by atoms with Crippen LogP contribution >= 0.6 is 0 Å². The normalized spacial score (nSPS) is 11.9. The fraction of sp³-hybridized carbons (Fsp3) is 0.190. The number of aromatic amines is 1. The number of H-pyrrole nitrogens is 1. The number of aryl methyl sites for hydroxylation is 1. The minimum Gasteiger partial charge on any atom is -0.345 e. The monoisotopic (exact) mass is 387 g/mol. The molecule has 1 unspecified atom stereocenters. The van der Waals surface area contributed by atoms with E-state index in [2.05, 4.69) is 31.0 Å². The number of carbonyl (C=O) groups is 1. The zero-order valence-corrected chi connectivity index (χ0v) is 16.2. The Bertz CT molecular complexity index is 1090. The summed E-state index contributed by atoms with van der Waals surface area (Å²) in [5.74, 6) is 0.396. The Hall–Kier alpha value is -3.81. The SMILES string of the molecule is CC(NC(=O)c1cnn(C)c1Cc1ccccc1)c1ccc(-c2nn[nH]n2)cc1. The van der Waals surface area contributed by atoms with Crippen molar-refractivity contribution in [3.8, 4) is 11.4 Å². The van der Waals surface area contributed by atoms with Crippen LogP contribution in [-0.2, 0) is 13.5 Å². The summed E-state index contributed by atoms with van der Waals surface area (Å²) in [6.07, 6.45) is 2.27. The van der Waals surface area contributed by atoms with Crippen LogP contribution in [-0.4, -0.2) is 36.3 Å². The largest absolute Gasteiger partial charge is 0.345 e. The Kier molecular flexibility index (Phi) is 5.15. The summed E-state index contributed by atoms with van der Waals surface area (Å²) >= 11 is 0. The van der Waals surface area contributed by atoms with E-state index in [-0.39, 0.29) is 11.9 Å². The van der Waals surface area contributed by atoms with Gasteiger partial charge in [-0.3, -0.25) is 9.48 Å². The van der Waals surface area contributed by atoms with Gasteiger partial charge in [0.25, 0.3) is 5.91 Å². The summed E-state index contributed by atoms with van der Waals surface area (Å²) in [5.41, 5.74) is 4.45. The first-order valence-electron chi connectivity index (χ1n) is 9.31. The van der Waals surface area contributed by atoms with Gasteiger partial charge in [-0.15, -0.1) is 10.2 Å². The maximum Gasteiger partial charge on any atom is 0.255 e. The number of hydrogen-bond donors (Lipinski definition) is 2. The van der Waals surface area contributed by atoms with Crippen LogP contribution < -0.4 is 5.32 Å². The molecule has 2 N–H and O–H groups in total. The molecule has 0 spiro atoms. The Morgan fingerprint density at radius 3 is 2.59 bits per heavy atom. The summed E-state index contributed by atoms with van der Waals surface area (Å²) in [4.78, 5) is 12.9. The summed E-state index contributed by atoms with van der Waals surface area (Å²) < 4.78 is 1.76. The summed E-state index contributed by atoms with van der Waals surface area (Å²) in [6, 6.07) is 17.6. The van der Waals surface area contributed by atoms with Crippen molar-refractivity contribution in [2.24, 2.45) is 7.05 Å². The van der Waals surface area contributed by atoms with Crippen LogP contribution in [0.2, 0.25) is 0 Å². The molecule has 1 amide bonds. The number of tetrazole rings is 1. The first kappa shape index (κ1) is 18.5. The molecule has 29 heavy (non-hydrogen) atoms. The first-order chi connectivity index (χ1) is 14.1. The Morgan fingerprint density at radius 2 is 1.90 bits per heavy atom. The van der Waals surface area contributed by atoms with E-state index >= 15 is 0 Å². The van der Waals surface area contributed by atoms with Crippen molar-refractivity contribution >= 4 is 5.91 Å². The van der Waals surface area contributed by atoms with E-state index in [1.54, 1.807) is 10.9 Å². The highest BCUT2D eigenvalue weighted by atomic mass is 16.1. The number of nitrogens with zero attached hydrogens (tertiary/aromatic N) is 5. The average Bonchev–Trinajstić information content (AvgIpc) is 3.40. The van der Waals surface area contributed by atoms with Gasteiger partial charge in [-0.2, -0.15) is 10.3 Å². The third kappa shape index (κ3) is 4.06. The van der Waals surface area contributed by atoms with Crippen LogP contribution in [0.15, 0.2) is 60.8 Å². The maximum absolute atomic E-state index is 12.9. The standard InChI is InChI=1S/C21H21N7O/c1-14(16-8-10-17(11-9-16)20-24-26-27-25-20)23-21(29)18-13-22-28(2)19(18)12-15-6-4-3-5-7-15/h3-11,13-14H,12H2,1-2H3,(H,23,29)(H,24,25,26,27). The predicted molar refractivity (Wildman–Crippen MR) is 108 cm³/mol. The second-order valence-corrected chi connectivity index (χ2v) is 6.84. The van der Waals surface area contributed by atoms with Gasteiger partial charge in [0.05, 0.1) is 23.5 Å². The summed E-state index contributed by atoms with van der Waals surface area (Å²) in [5, 5.41) is 21.3. The van der Waals surface area contributed by atoms with Crippen LogP contribution in [0, 0.1) is 0 Å². The number of hydrogen-bond acceptors (Lipinski definition) is 5. The third-order valence-corrected chi connectivity index (χ3v) is 4.88. The van der Waals surface area contributed by atoms with E-state index < -0.39 is 0 Å². The molecule has 4 aromatic rings. The highest BCUT2D eigenvalue weighted by molar-refractivity contribution is 5.95. The fourth-order valence-electron chi connectivity index (χ4n) is 3.21. The number of amides is 1. The number of rotatable bonds is 6. The number of nitrogens with one attached hydrogen (secondary N) is 2. The van der Waals surface area contributed by atoms with Gasteiger partial charge in [0.2, 0.25) is 5.82 Å². The van der Waals surface area contributed by atoms with Gasteiger partial charge in [0.15, 0.2) is 0 Å². The molecule has 0 aliphatic carbocycles. The van der Waals surface area contributed by atoms with E-state index in [9.17, 15) is 4.79 Å². The lowest BCUT2D eigenvalue weighted by Gasteiger charge is -2.15. The minimum atomic E-state index is -0.161. The predicted octanol–water partition coefficient (Wildman–Crippen LogP) is 2.68. The lowest BCUT2D eigenvalue weighted by molar-refractivity contribution is 0.0939. The molecule has 8 nitrogen and oxygen atoms in total.